The average molecular weight is 481 g/mol. The summed E-state index contributed by atoms with van der Waals surface area (Å²) in [5.41, 5.74) is 7.62. The van der Waals surface area contributed by atoms with Crippen molar-refractivity contribution >= 4 is 48.4 Å². The molecule has 0 spiro atoms. The Morgan fingerprint density at radius 1 is 1.13 bits per heavy atom. The molecule has 1 fully saturated rings. The Hall–Kier alpha value is -2.17. The Morgan fingerprint density at radius 2 is 1.71 bits per heavy atom. The van der Waals surface area contributed by atoms with Crippen LogP contribution in [0.25, 0.3) is 0 Å². The highest BCUT2D eigenvalue weighted by atomic mass is 35.5. The van der Waals surface area contributed by atoms with Crippen LogP contribution in [-0.4, -0.2) is 41.1 Å². The summed E-state index contributed by atoms with van der Waals surface area (Å²) < 4.78 is 16.3. The van der Waals surface area contributed by atoms with Gasteiger partial charge in [0.05, 0.1) is 12.9 Å². The molecule has 164 valence electrons. The molecule has 2 atom stereocenters. The number of fused-ring (bicyclic) bond motifs is 1. The van der Waals surface area contributed by atoms with Gasteiger partial charge in [0.2, 0.25) is 18.2 Å². The molecular weight excluding hydrogens is 460 g/mol. The highest BCUT2D eigenvalue weighted by Crippen LogP contribution is 2.41. The number of hydrogen-bond donors (Lipinski definition) is 1. The SMILES string of the molecule is COSOC1=C(C(=O)OC(c2ccccc2)c2ccccc2)N2C(=O)C(N)C2SC1.Cl. The fourth-order valence-corrected chi connectivity index (χ4v) is 4.93. The van der Waals surface area contributed by atoms with Gasteiger partial charge in [0.1, 0.15) is 11.4 Å². The van der Waals surface area contributed by atoms with Crippen LogP contribution in [0.2, 0.25) is 0 Å². The molecule has 1 saturated heterocycles. The number of nitrogens with two attached hydrogens (primary N) is 1. The van der Waals surface area contributed by atoms with Crippen LogP contribution < -0.4 is 5.73 Å². The monoisotopic (exact) mass is 480 g/mol. The molecule has 2 unspecified atom stereocenters. The smallest absolute Gasteiger partial charge is 0.359 e. The van der Waals surface area contributed by atoms with E-state index in [1.54, 1.807) is 0 Å². The van der Waals surface area contributed by atoms with Gasteiger partial charge >= 0.3 is 5.97 Å². The van der Waals surface area contributed by atoms with Crippen LogP contribution in [0.3, 0.4) is 0 Å². The molecule has 0 saturated carbocycles. The standard InChI is InChI=1S/C21H20N2O5S2.ClH/c1-26-30-28-15-12-29-20-16(22)19(24)23(20)17(15)21(25)27-18(13-8-4-2-5-9-13)14-10-6-3-7-11-14;/h2-11,16,18,20H,12,22H2,1H3;1H. The summed E-state index contributed by atoms with van der Waals surface area (Å²) in [6.45, 7) is 0. The highest BCUT2D eigenvalue weighted by Gasteiger charge is 2.53. The Kier molecular flexibility index (Phi) is 7.90. The molecule has 2 aromatic rings. The third-order valence-corrected chi connectivity index (χ3v) is 6.48. The van der Waals surface area contributed by atoms with Gasteiger partial charge in [-0.3, -0.25) is 13.9 Å². The predicted molar refractivity (Wildman–Crippen MR) is 122 cm³/mol. The zero-order chi connectivity index (χ0) is 21.1. The van der Waals surface area contributed by atoms with Gasteiger partial charge in [-0.25, -0.2) is 4.79 Å². The first-order chi connectivity index (χ1) is 14.6. The molecule has 2 N–H and O–H groups in total. The molecule has 4 rings (SSSR count). The van der Waals surface area contributed by atoms with E-state index in [2.05, 4.69) is 0 Å². The van der Waals surface area contributed by atoms with Gasteiger partial charge in [0, 0.05) is 0 Å². The van der Waals surface area contributed by atoms with Crippen molar-refractivity contribution in [3.05, 3.63) is 83.2 Å². The van der Waals surface area contributed by atoms with Crippen LogP contribution in [-0.2, 0) is 22.7 Å². The van der Waals surface area contributed by atoms with E-state index in [-0.39, 0.29) is 29.4 Å². The zero-order valence-electron chi connectivity index (χ0n) is 16.5. The van der Waals surface area contributed by atoms with Crippen LogP contribution in [0.1, 0.15) is 17.2 Å². The Morgan fingerprint density at radius 3 is 2.26 bits per heavy atom. The van der Waals surface area contributed by atoms with Crippen molar-refractivity contribution in [2.75, 3.05) is 12.9 Å². The highest BCUT2D eigenvalue weighted by molar-refractivity contribution is 8.00. The van der Waals surface area contributed by atoms with Gasteiger partial charge < -0.3 is 14.7 Å². The molecule has 0 bridgehead atoms. The molecule has 0 aromatic heterocycles. The first kappa shape index (κ1) is 23.5. The van der Waals surface area contributed by atoms with E-state index < -0.39 is 18.1 Å². The first-order valence-electron chi connectivity index (χ1n) is 9.23. The molecule has 2 aliphatic heterocycles. The minimum Gasteiger partial charge on any atom is -0.448 e. The van der Waals surface area contributed by atoms with E-state index in [0.29, 0.717) is 11.5 Å². The molecule has 10 heteroatoms. The van der Waals surface area contributed by atoms with E-state index in [9.17, 15) is 9.59 Å². The van der Waals surface area contributed by atoms with Gasteiger partial charge in [0.15, 0.2) is 17.6 Å². The summed E-state index contributed by atoms with van der Waals surface area (Å²) in [5.74, 6) is -0.290. The van der Waals surface area contributed by atoms with Crippen LogP contribution >= 0.6 is 36.5 Å². The molecule has 2 heterocycles. The number of thioether (sulfide) groups is 1. The topological polar surface area (TPSA) is 91.1 Å². The molecule has 2 aromatic carbocycles. The fourth-order valence-electron chi connectivity index (χ4n) is 3.36. The third kappa shape index (κ3) is 4.70. The number of hydrogen-bond acceptors (Lipinski definition) is 8. The number of benzene rings is 2. The molecule has 0 aliphatic carbocycles. The Labute approximate surface area is 195 Å². The third-order valence-electron chi connectivity index (χ3n) is 4.80. The second-order valence-electron chi connectivity index (χ2n) is 6.63. The first-order valence-corrected chi connectivity index (χ1v) is 10.9. The Bertz CT molecular complexity index is 921. The van der Waals surface area contributed by atoms with Gasteiger partial charge in [-0.1, -0.05) is 60.7 Å². The van der Waals surface area contributed by atoms with Crippen LogP contribution in [0, 0.1) is 0 Å². The Balaban J connectivity index is 0.00000272. The number of halogens is 1. The normalized spacial score (nSPS) is 20.0. The molecule has 31 heavy (non-hydrogen) atoms. The summed E-state index contributed by atoms with van der Waals surface area (Å²) in [6.07, 6.45) is -0.637. The second kappa shape index (κ2) is 10.4. The molecule has 7 nitrogen and oxygen atoms in total. The van der Waals surface area contributed by atoms with E-state index in [1.165, 1.54) is 23.8 Å². The lowest BCUT2D eigenvalue weighted by Gasteiger charge is -2.47. The van der Waals surface area contributed by atoms with Crippen molar-refractivity contribution < 1.29 is 22.7 Å². The summed E-state index contributed by atoms with van der Waals surface area (Å²) in [7, 11) is 1.45. The van der Waals surface area contributed by atoms with Gasteiger partial charge in [-0.2, -0.15) is 0 Å². The van der Waals surface area contributed by atoms with Crippen LogP contribution in [0.15, 0.2) is 72.1 Å². The second-order valence-corrected chi connectivity index (χ2v) is 8.37. The number of carbonyl (C=O) groups is 2. The van der Waals surface area contributed by atoms with Crippen molar-refractivity contribution in [3.63, 3.8) is 0 Å². The van der Waals surface area contributed by atoms with Gasteiger partial charge in [-0.15, -0.1) is 24.2 Å². The largest absolute Gasteiger partial charge is 0.448 e. The zero-order valence-corrected chi connectivity index (χ0v) is 19.0. The molecule has 2 aliphatic rings. The van der Waals surface area contributed by atoms with Crippen molar-refractivity contribution in [2.45, 2.75) is 17.5 Å². The van der Waals surface area contributed by atoms with E-state index >= 15 is 0 Å². The number of amides is 1. The lowest BCUT2D eigenvalue weighted by Crippen LogP contribution is -2.68. The van der Waals surface area contributed by atoms with Gasteiger partial charge in [0.25, 0.3) is 0 Å². The summed E-state index contributed by atoms with van der Waals surface area (Å²) in [5, 5.41) is -0.313. The number of nitrogens with zero attached hydrogens (tertiary/aromatic N) is 1. The summed E-state index contributed by atoms with van der Waals surface area (Å²) in [6, 6.07) is 18.2. The number of carbonyl (C=O) groups excluding carboxylic acids is 2. The van der Waals surface area contributed by atoms with Crippen LogP contribution in [0.4, 0.5) is 0 Å². The maximum absolute atomic E-state index is 13.3. The number of β-lactam (4-membered cyclic amide) rings is 1. The lowest BCUT2D eigenvalue weighted by molar-refractivity contribution is -0.153. The van der Waals surface area contributed by atoms with E-state index in [4.69, 9.17) is 18.8 Å². The van der Waals surface area contributed by atoms with Crippen LogP contribution in [0.5, 0.6) is 0 Å². The van der Waals surface area contributed by atoms with Crippen molar-refractivity contribution in [2.24, 2.45) is 5.73 Å². The fraction of sp³-hybridized carbons (Fsp3) is 0.238. The van der Waals surface area contributed by atoms with Crippen molar-refractivity contribution in [1.82, 2.24) is 4.90 Å². The van der Waals surface area contributed by atoms with Gasteiger partial charge in [-0.05, 0) is 11.1 Å². The predicted octanol–water partition coefficient (Wildman–Crippen LogP) is 3.42. The number of ether oxygens (including phenoxy) is 1. The van der Waals surface area contributed by atoms with Crippen molar-refractivity contribution in [1.29, 1.82) is 0 Å². The molecular formula is C21H21ClN2O5S2. The molecule has 1 amide bonds. The number of rotatable bonds is 7. The average Bonchev–Trinajstić information content (AvgIpc) is 2.81. The number of esters is 1. The summed E-state index contributed by atoms with van der Waals surface area (Å²) in [4.78, 5) is 27.1. The molecule has 0 radical (unpaired) electrons. The quantitative estimate of drug-likeness (QED) is 0.366. The maximum Gasteiger partial charge on any atom is 0.359 e. The summed E-state index contributed by atoms with van der Waals surface area (Å²) >= 11 is 2.17. The van der Waals surface area contributed by atoms with E-state index in [0.717, 1.165) is 23.5 Å². The minimum atomic E-state index is -0.648. The lowest BCUT2D eigenvalue weighted by atomic mass is 10.0. The van der Waals surface area contributed by atoms with E-state index in [1.807, 2.05) is 60.7 Å². The van der Waals surface area contributed by atoms with Crippen molar-refractivity contribution in [3.8, 4) is 0 Å². The maximum atomic E-state index is 13.3. The minimum absolute atomic E-state index is 0.